The number of nitrogens with one attached hydrogen (secondary N) is 1. The number of hydrogen-bond donors (Lipinski definition) is 2. The Morgan fingerprint density at radius 1 is 1.36 bits per heavy atom. The number of likely N-dealkylation sites (tertiary alicyclic amines) is 1. The molecule has 3 rings (SSSR count). The molecule has 7 nitrogen and oxygen atoms in total. The predicted octanol–water partition coefficient (Wildman–Crippen LogP) is 1.68. The maximum Gasteiger partial charge on any atom is 0.305 e. The first-order valence-corrected chi connectivity index (χ1v) is 9.10. The first kappa shape index (κ1) is 17.6. The van der Waals surface area contributed by atoms with Crippen LogP contribution in [-0.2, 0) is 16.1 Å². The van der Waals surface area contributed by atoms with E-state index in [-0.39, 0.29) is 12.3 Å². The smallest absolute Gasteiger partial charge is 0.305 e. The van der Waals surface area contributed by atoms with Crippen LogP contribution in [0.5, 0.6) is 0 Å². The Bertz CT molecular complexity index is 714. The molecule has 1 atom stereocenters. The fourth-order valence-corrected chi connectivity index (χ4v) is 3.79. The summed E-state index contributed by atoms with van der Waals surface area (Å²) in [6, 6.07) is 8.04. The van der Waals surface area contributed by atoms with Crippen LogP contribution in [0.3, 0.4) is 0 Å². The van der Waals surface area contributed by atoms with Gasteiger partial charge in [0.25, 0.3) is 0 Å². The van der Waals surface area contributed by atoms with E-state index in [0.29, 0.717) is 5.17 Å². The molecule has 1 amide bonds. The van der Waals surface area contributed by atoms with Gasteiger partial charge in [-0.2, -0.15) is 5.10 Å². The second-order valence-electron chi connectivity index (χ2n) is 6.03. The molecule has 0 bridgehead atoms. The van der Waals surface area contributed by atoms with Crippen LogP contribution in [-0.4, -0.2) is 51.6 Å². The van der Waals surface area contributed by atoms with E-state index in [2.05, 4.69) is 26.5 Å². The molecule has 2 fully saturated rings. The van der Waals surface area contributed by atoms with E-state index in [4.69, 9.17) is 5.11 Å². The highest BCUT2D eigenvalue weighted by Gasteiger charge is 2.32. The van der Waals surface area contributed by atoms with Gasteiger partial charge in [-0.3, -0.25) is 14.5 Å². The van der Waals surface area contributed by atoms with Gasteiger partial charge < -0.3 is 10.4 Å². The van der Waals surface area contributed by atoms with E-state index in [9.17, 15) is 9.59 Å². The summed E-state index contributed by atoms with van der Waals surface area (Å²) in [5.41, 5.74) is 2.19. The number of amides is 1. The molecular formula is C17H20N4O3S. The van der Waals surface area contributed by atoms with Crippen LogP contribution in [0.25, 0.3) is 0 Å². The highest BCUT2D eigenvalue weighted by molar-refractivity contribution is 8.15. The zero-order chi connectivity index (χ0) is 17.6. The van der Waals surface area contributed by atoms with Crippen molar-refractivity contribution in [2.75, 3.05) is 13.1 Å². The number of hydrogen-bond acceptors (Lipinski definition) is 6. The predicted molar refractivity (Wildman–Crippen MR) is 97.8 cm³/mol. The fraction of sp³-hybridized carbons (Fsp3) is 0.412. The molecule has 2 saturated heterocycles. The molecule has 1 aromatic rings. The normalized spacial score (nSPS) is 22.8. The van der Waals surface area contributed by atoms with Gasteiger partial charge in [-0.1, -0.05) is 36.0 Å². The van der Waals surface area contributed by atoms with Crippen molar-refractivity contribution >= 4 is 35.0 Å². The van der Waals surface area contributed by atoms with Crippen molar-refractivity contribution < 1.29 is 14.7 Å². The maximum atomic E-state index is 11.7. The fourth-order valence-electron chi connectivity index (χ4n) is 2.87. The molecule has 2 heterocycles. The van der Waals surface area contributed by atoms with Crippen LogP contribution in [0, 0.1) is 0 Å². The summed E-state index contributed by atoms with van der Waals surface area (Å²) < 4.78 is 0. The minimum absolute atomic E-state index is 0.224. The van der Waals surface area contributed by atoms with Crippen LogP contribution < -0.4 is 5.32 Å². The first-order valence-electron chi connectivity index (χ1n) is 8.22. The number of thioether (sulfide) groups is 1. The summed E-state index contributed by atoms with van der Waals surface area (Å²) in [4.78, 5) is 24.8. The third-order valence-electron chi connectivity index (χ3n) is 4.13. The molecule has 1 aromatic carbocycles. The summed E-state index contributed by atoms with van der Waals surface area (Å²) in [5.74, 6) is -1.34. The number of nitrogens with zero attached hydrogens (tertiary/aromatic N) is 3. The summed E-state index contributed by atoms with van der Waals surface area (Å²) in [6.45, 7) is 3.15. The van der Waals surface area contributed by atoms with Crippen LogP contribution in [0.15, 0.2) is 34.5 Å². The summed E-state index contributed by atoms with van der Waals surface area (Å²) in [7, 11) is 0. The zero-order valence-electron chi connectivity index (χ0n) is 13.7. The molecule has 0 saturated carbocycles. The van der Waals surface area contributed by atoms with Crippen molar-refractivity contribution in [1.29, 1.82) is 0 Å². The second-order valence-corrected chi connectivity index (χ2v) is 7.22. The average molecular weight is 360 g/mol. The number of carboxylic acid groups (broad SMARTS) is 1. The zero-order valence-corrected chi connectivity index (χ0v) is 14.5. The number of rotatable bonds is 6. The monoisotopic (exact) mass is 360 g/mol. The maximum absolute atomic E-state index is 11.7. The third kappa shape index (κ3) is 4.90. The van der Waals surface area contributed by atoms with Gasteiger partial charge in [-0.05, 0) is 37.1 Å². The number of carbonyl (C=O) groups excluding carboxylic acids is 1. The number of amidine groups is 1. The highest BCUT2D eigenvalue weighted by Crippen LogP contribution is 2.22. The minimum atomic E-state index is -1.01. The molecule has 2 aliphatic heterocycles. The molecule has 8 heteroatoms. The lowest BCUT2D eigenvalue weighted by molar-refractivity contribution is -0.138. The van der Waals surface area contributed by atoms with Crippen molar-refractivity contribution in [1.82, 2.24) is 10.2 Å². The Labute approximate surface area is 150 Å². The standard InChI is InChI=1S/C17H20N4O3S/c22-15(23)9-14-16(24)19-17(25-14)20-18-10-12-5-1-2-6-13(12)11-21-7-3-4-8-21/h1-2,5-6,10,14H,3-4,7-9,11H2,(H,22,23)(H,19,20,24). The van der Waals surface area contributed by atoms with Crippen molar-refractivity contribution in [2.45, 2.75) is 31.1 Å². The van der Waals surface area contributed by atoms with Crippen molar-refractivity contribution in [2.24, 2.45) is 10.2 Å². The summed E-state index contributed by atoms with van der Waals surface area (Å²) in [6.07, 6.45) is 3.95. The molecule has 1 unspecified atom stereocenters. The third-order valence-corrected chi connectivity index (χ3v) is 5.20. The molecular weight excluding hydrogens is 340 g/mol. The van der Waals surface area contributed by atoms with Gasteiger partial charge in [0.2, 0.25) is 5.91 Å². The van der Waals surface area contributed by atoms with Gasteiger partial charge >= 0.3 is 5.97 Å². The molecule has 2 aliphatic rings. The Hall–Kier alpha value is -2.19. The summed E-state index contributed by atoms with van der Waals surface area (Å²) >= 11 is 1.10. The van der Waals surface area contributed by atoms with E-state index in [1.807, 2.05) is 18.2 Å². The van der Waals surface area contributed by atoms with Gasteiger partial charge in [-0.25, -0.2) is 0 Å². The Morgan fingerprint density at radius 2 is 2.12 bits per heavy atom. The summed E-state index contributed by atoms with van der Waals surface area (Å²) in [5, 5.41) is 19.1. The minimum Gasteiger partial charge on any atom is -0.481 e. The number of benzene rings is 1. The van der Waals surface area contributed by atoms with E-state index in [1.54, 1.807) is 6.21 Å². The van der Waals surface area contributed by atoms with Gasteiger partial charge in [-0.15, -0.1) is 5.10 Å². The average Bonchev–Trinajstić information content (AvgIpc) is 3.19. The molecule has 0 spiro atoms. The van der Waals surface area contributed by atoms with Crippen molar-refractivity contribution in [3.05, 3.63) is 35.4 Å². The molecule has 25 heavy (non-hydrogen) atoms. The Balaban J connectivity index is 1.64. The second kappa shape index (κ2) is 8.26. The van der Waals surface area contributed by atoms with E-state index >= 15 is 0 Å². The lowest BCUT2D eigenvalue weighted by atomic mass is 10.1. The van der Waals surface area contributed by atoms with Gasteiger partial charge in [0.15, 0.2) is 5.17 Å². The van der Waals surface area contributed by atoms with Crippen molar-refractivity contribution in [3.63, 3.8) is 0 Å². The topological polar surface area (TPSA) is 94.4 Å². The first-order chi connectivity index (χ1) is 12.1. The molecule has 132 valence electrons. The lowest BCUT2D eigenvalue weighted by Crippen LogP contribution is -2.26. The van der Waals surface area contributed by atoms with Gasteiger partial charge in [0.05, 0.1) is 12.6 Å². The van der Waals surface area contributed by atoms with Crippen LogP contribution in [0.1, 0.15) is 30.4 Å². The van der Waals surface area contributed by atoms with Gasteiger partial charge in [0.1, 0.15) is 5.25 Å². The molecule has 0 aliphatic carbocycles. The number of aliphatic carboxylic acids is 1. The number of carboxylic acids is 1. The van der Waals surface area contributed by atoms with Crippen LogP contribution in [0.4, 0.5) is 0 Å². The van der Waals surface area contributed by atoms with E-state index in [1.165, 1.54) is 18.4 Å². The number of carbonyl (C=O) groups is 2. The van der Waals surface area contributed by atoms with Crippen LogP contribution >= 0.6 is 11.8 Å². The largest absolute Gasteiger partial charge is 0.481 e. The highest BCUT2D eigenvalue weighted by atomic mass is 32.2. The Morgan fingerprint density at radius 3 is 2.88 bits per heavy atom. The molecule has 0 aromatic heterocycles. The lowest BCUT2D eigenvalue weighted by Gasteiger charge is -2.15. The van der Waals surface area contributed by atoms with E-state index in [0.717, 1.165) is 37.0 Å². The molecule has 0 radical (unpaired) electrons. The van der Waals surface area contributed by atoms with Crippen molar-refractivity contribution in [3.8, 4) is 0 Å². The Kier molecular flexibility index (Phi) is 5.83. The van der Waals surface area contributed by atoms with Crippen LogP contribution in [0.2, 0.25) is 0 Å². The van der Waals surface area contributed by atoms with Gasteiger partial charge in [0, 0.05) is 6.54 Å². The molecule has 2 N–H and O–H groups in total. The SMILES string of the molecule is O=C(O)CC1SC(=NN=Cc2ccccc2CN2CCCC2)NC1=O. The quantitative estimate of drug-likeness (QED) is 0.595. The van der Waals surface area contributed by atoms with E-state index < -0.39 is 11.2 Å².